The predicted molar refractivity (Wildman–Crippen MR) is 116 cm³/mol. The number of piperidine rings is 1. The largest absolute Gasteiger partial charge is 0.356 e. The summed E-state index contributed by atoms with van der Waals surface area (Å²) in [6.45, 7) is 1.48. The van der Waals surface area contributed by atoms with Gasteiger partial charge in [-0.3, -0.25) is 14.0 Å². The van der Waals surface area contributed by atoms with Crippen molar-refractivity contribution in [3.05, 3.63) is 45.9 Å². The van der Waals surface area contributed by atoms with Crippen LogP contribution in [0.25, 0.3) is 11.7 Å². The fourth-order valence-corrected chi connectivity index (χ4v) is 5.70. The average molecular weight is 442 g/mol. The van der Waals surface area contributed by atoms with Crippen molar-refractivity contribution >= 4 is 33.3 Å². The summed E-state index contributed by atoms with van der Waals surface area (Å²) in [6, 6.07) is 6.56. The highest BCUT2D eigenvalue weighted by molar-refractivity contribution is 7.91. The van der Waals surface area contributed by atoms with Crippen LogP contribution in [0, 0.1) is 11.3 Å². The summed E-state index contributed by atoms with van der Waals surface area (Å²) < 4.78 is 24.7. The van der Waals surface area contributed by atoms with E-state index in [0.29, 0.717) is 17.9 Å². The van der Waals surface area contributed by atoms with Gasteiger partial charge in [-0.1, -0.05) is 6.07 Å². The van der Waals surface area contributed by atoms with Gasteiger partial charge in [0.05, 0.1) is 17.1 Å². The molecule has 0 radical (unpaired) electrons. The molecule has 162 valence electrons. The minimum absolute atomic E-state index is 0.0125. The van der Waals surface area contributed by atoms with Crippen molar-refractivity contribution in [3.8, 4) is 6.07 Å². The number of nitrogens with zero attached hydrogens (tertiary/aromatic N) is 4. The highest BCUT2D eigenvalue weighted by Gasteiger charge is 2.30. The van der Waals surface area contributed by atoms with Crippen molar-refractivity contribution in [1.29, 1.82) is 5.26 Å². The first kappa shape index (κ1) is 21.1. The Hall–Kier alpha value is -3.19. The number of nitrogens with one attached hydrogen (secondary N) is 1. The highest BCUT2D eigenvalue weighted by atomic mass is 32.2. The van der Waals surface area contributed by atoms with Gasteiger partial charge in [-0.2, -0.15) is 5.26 Å². The van der Waals surface area contributed by atoms with E-state index in [1.54, 1.807) is 24.4 Å². The third kappa shape index (κ3) is 4.46. The molecular formula is C21H23N5O4S. The van der Waals surface area contributed by atoms with Gasteiger partial charge in [0, 0.05) is 25.3 Å². The molecule has 0 bridgehead atoms. The van der Waals surface area contributed by atoms with Crippen molar-refractivity contribution in [2.24, 2.45) is 0 Å². The van der Waals surface area contributed by atoms with E-state index >= 15 is 0 Å². The monoisotopic (exact) mass is 441 g/mol. The smallest absolute Gasteiger partial charge is 0.267 e. The van der Waals surface area contributed by atoms with Crippen molar-refractivity contribution in [3.63, 3.8) is 0 Å². The number of anilines is 1. The number of fused-ring (bicyclic) bond motifs is 1. The number of amides is 1. The Bertz CT molecular complexity index is 1250. The number of nitriles is 1. The maximum Gasteiger partial charge on any atom is 0.267 e. The molecule has 1 amide bonds. The van der Waals surface area contributed by atoms with Crippen LogP contribution in [-0.2, 0) is 14.6 Å². The zero-order valence-electron chi connectivity index (χ0n) is 17.0. The minimum atomic E-state index is -3.17. The van der Waals surface area contributed by atoms with E-state index in [9.17, 15) is 23.3 Å². The van der Waals surface area contributed by atoms with Crippen molar-refractivity contribution in [2.45, 2.75) is 31.7 Å². The maximum atomic E-state index is 13.2. The molecule has 1 N–H and O–H groups in total. The van der Waals surface area contributed by atoms with Gasteiger partial charge in [0.15, 0.2) is 9.84 Å². The molecular weight excluding hydrogens is 418 g/mol. The standard InChI is InChI=1S/C21H23N5O4S/c22-13-15(20(27)23-16-7-11-31(29,30)14-16)12-17-19(25-8-3-1-4-9-25)24-18-6-2-5-10-26(18)21(17)28/h2,5-6,10,12,16H,1,3-4,7-9,11,14H2,(H,23,27)/b15-12-/t16-/m1/s1. The number of hydrogen-bond donors (Lipinski definition) is 1. The number of sulfone groups is 1. The molecule has 9 nitrogen and oxygen atoms in total. The molecule has 4 heterocycles. The van der Waals surface area contributed by atoms with Gasteiger partial charge in [0.1, 0.15) is 23.1 Å². The van der Waals surface area contributed by atoms with Crippen LogP contribution in [-0.4, -0.2) is 54.3 Å². The number of hydrogen-bond acceptors (Lipinski definition) is 7. The number of pyridine rings is 1. The molecule has 0 aromatic carbocycles. The third-order valence-electron chi connectivity index (χ3n) is 5.63. The van der Waals surface area contributed by atoms with Crippen molar-refractivity contribution < 1.29 is 13.2 Å². The first-order chi connectivity index (χ1) is 14.9. The molecule has 0 saturated carbocycles. The number of rotatable bonds is 4. The lowest BCUT2D eigenvalue weighted by atomic mass is 10.1. The minimum Gasteiger partial charge on any atom is -0.356 e. The SMILES string of the molecule is N#C/C(=C/c1c(N2CCCCC2)nc2ccccn2c1=O)C(=O)N[C@@H]1CCS(=O)(=O)C1. The predicted octanol–water partition coefficient (Wildman–Crippen LogP) is 0.895. The van der Waals surface area contributed by atoms with Crippen LogP contribution in [0.15, 0.2) is 34.8 Å². The number of aromatic nitrogens is 2. The summed E-state index contributed by atoms with van der Waals surface area (Å²) in [5, 5.41) is 12.2. The normalized spacial score (nSPS) is 21.1. The van der Waals surface area contributed by atoms with E-state index < -0.39 is 21.8 Å². The van der Waals surface area contributed by atoms with E-state index in [1.807, 2.05) is 11.0 Å². The fraction of sp³-hybridized carbons (Fsp3) is 0.429. The maximum absolute atomic E-state index is 13.2. The fourth-order valence-electron chi connectivity index (χ4n) is 4.03. The van der Waals surface area contributed by atoms with E-state index in [1.165, 1.54) is 10.5 Å². The van der Waals surface area contributed by atoms with E-state index in [-0.39, 0.29) is 28.2 Å². The lowest BCUT2D eigenvalue weighted by Gasteiger charge is -2.29. The first-order valence-electron chi connectivity index (χ1n) is 10.3. The molecule has 10 heteroatoms. The van der Waals surface area contributed by atoms with E-state index in [0.717, 1.165) is 32.4 Å². The lowest BCUT2D eigenvalue weighted by Crippen LogP contribution is -2.36. The Morgan fingerprint density at radius 2 is 2.03 bits per heavy atom. The van der Waals surface area contributed by atoms with Crippen LogP contribution in [0.5, 0.6) is 0 Å². The van der Waals surface area contributed by atoms with Gasteiger partial charge < -0.3 is 10.2 Å². The van der Waals surface area contributed by atoms with Crippen molar-refractivity contribution in [2.75, 3.05) is 29.5 Å². The zero-order valence-corrected chi connectivity index (χ0v) is 17.8. The molecule has 2 fully saturated rings. The van der Waals surface area contributed by atoms with Crippen LogP contribution in [0.2, 0.25) is 0 Å². The van der Waals surface area contributed by atoms with E-state index in [2.05, 4.69) is 10.3 Å². The van der Waals surface area contributed by atoms with Crippen LogP contribution < -0.4 is 15.8 Å². The number of carbonyl (C=O) groups excluding carboxylic acids is 1. The molecule has 0 spiro atoms. The molecule has 2 aliphatic heterocycles. The second kappa shape index (κ2) is 8.51. The Balaban J connectivity index is 1.74. The Morgan fingerprint density at radius 1 is 1.26 bits per heavy atom. The zero-order chi connectivity index (χ0) is 22.0. The van der Waals surface area contributed by atoms with Gasteiger partial charge in [-0.15, -0.1) is 0 Å². The second-order valence-electron chi connectivity index (χ2n) is 7.87. The molecule has 31 heavy (non-hydrogen) atoms. The summed E-state index contributed by atoms with van der Waals surface area (Å²) >= 11 is 0. The quantitative estimate of drug-likeness (QED) is 0.552. The van der Waals surface area contributed by atoms with Crippen LogP contribution in [0.4, 0.5) is 5.82 Å². The molecule has 2 aromatic rings. The van der Waals surface area contributed by atoms with Crippen LogP contribution in [0.1, 0.15) is 31.2 Å². The summed E-state index contributed by atoms with van der Waals surface area (Å²) in [6.07, 6.45) is 6.23. The summed E-state index contributed by atoms with van der Waals surface area (Å²) in [4.78, 5) is 32.6. The Morgan fingerprint density at radius 3 is 2.71 bits per heavy atom. The van der Waals surface area contributed by atoms with Crippen LogP contribution in [0.3, 0.4) is 0 Å². The van der Waals surface area contributed by atoms with Gasteiger partial charge in [0.25, 0.3) is 11.5 Å². The number of carbonyl (C=O) groups is 1. The van der Waals surface area contributed by atoms with Crippen LogP contribution >= 0.6 is 0 Å². The molecule has 4 rings (SSSR count). The first-order valence-corrected chi connectivity index (χ1v) is 12.1. The van der Waals surface area contributed by atoms with Gasteiger partial charge in [0.2, 0.25) is 0 Å². The molecule has 1 atom stereocenters. The van der Waals surface area contributed by atoms with Gasteiger partial charge >= 0.3 is 0 Å². The summed E-state index contributed by atoms with van der Waals surface area (Å²) in [5.41, 5.74) is 0.0493. The summed E-state index contributed by atoms with van der Waals surface area (Å²) in [7, 11) is -3.17. The summed E-state index contributed by atoms with van der Waals surface area (Å²) in [5.74, 6) is -0.360. The Kier molecular flexibility index (Phi) is 5.78. The molecule has 0 unspecified atom stereocenters. The topological polar surface area (TPSA) is 125 Å². The molecule has 0 aliphatic carbocycles. The average Bonchev–Trinajstić information content (AvgIpc) is 3.11. The lowest BCUT2D eigenvalue weighted by molar-refractivity contribution is -0.117. The molecule has 2 aliphatic rings. The highest BCUT2D eigenvalue weighted by Crippen LogP contribution is 2.23. The Labute approximate surface area is 179 Å². The van der Waals surface area contributed by atoms with Gasteiger partial charge in [-0.05, 0) is 43.9 Å². The third-order valence-corrected chi connectivity index (χ3v) is 7.39. The van der Waals surface area contributed by atoms with Gasteiger partial charge in [-0.25, -0.2) is 13.4 Å². The van der Waals surface area contributed by atoms with E-state index in [4.69, 9.17) is 0 Å². The second-order valence-corrected chi connectivity index (χ2v) is 10.1. The molecule has 2 aromatic heterocycles. The molecule has 2 saturated heterocycles. The van der Waals surface area contributed by atoms with Crippen molar-refractivity contribution in [1.82, 2.24) is 14.7 Å².